The van der Waals surface area contributed by atoms with E-state index >= 15 is 0 Å². The lowest BCUT2D eigenvalue weighted by atomic mass is 9.77. The molecule has 1 aliphatic carbocycles. The first kappa shape index (κ1) is 23.5. The summed E-state index contributed by atoms with van der Waals surface area (Å²) in [6, 6.07) is 6.15. The molecule has 1 aliphatic heterocycles. The number of halogens is 2. The number of nitrogens with one attached hydrogen (secondary N) is 1. The van der Waals surface area contributed by atoms with Crippen molar-refractivity contribution in [1.82, 2.24) is 15.1 Å². The van der Waals surface area contributed by atoms with E-state index in [0.29, 0.717) is 16.0 Å². The number of hydrogen-bond donors (Lipinski definition) is 1. The molecule has 1 aromatic carbocycles. The number of carbonyl (C=O) groups excluding carboxylic acids is 1. The molecule has 1 unspecified atom stereocenters. The molecule has 1 saturated carbocycles. The molecule has 1 aromatic rings. The van der Waals surface area contributed by atoms with Crippen LogP contribution in [0.4, 0.5) is 10.5 Å². The van der Waals surface area contributed by atoms with Gasteiger partial charge in [0.25, 0.3) is 0 Å². The molecule has 7 heteroatoms. The molecule has 3 rings (SSSR count). The number of hydrogen-bond acceptors (Lipinski definition) is 3. The summed E-state index contributed by atoms with van der Waals surface area (Å²) >= 11 is 12.6. The third-order valence-electron chi connectivity index (χ3n) is 6.85. The van der Waals surface area contributed by atoms with Crippen molar-refractivity contribution in [2.75, 3.05) is 51.7 Å². The zero-order valence-corrected chi connectivity index (χ0v) is 20.1. The third kappa shape index (κ3) is 6.18. The van der Waals surface area contributed by atoms with Crippen molar-refractivity contribution in [3.8, 4) is 0 Å². The van der Waals surface area contributed by atoms with E-state index in [1.807, 2.05) is 12.1 Å². The lowest BCUT2D eigenvalue weighted by molar-refractivity contribution is 0.180. The molecule has 2 amide bonds. The highest BCUT2D eigenvalue weighted by molar-refractivity contribution is 6.43. The van der Waals surface area contributed by atoms with E-state index in [1.54, 1.807) is 19.0 Å². The van der Waals surface area contributed by atoms with Crippen LogP contribution in [0.1, 0.15) is 39.0 Å². The van der Waals surface area contributed by atoms with E-state index in [-0.39, 0.29) is 12.1 Å². The molecule has 2 aliphatic rings. The highest BCUT2D eigenvalue weighted by Gasteiger charge is 2.27. The van der Waals surface area contributed by atoms with Gasteiger partial charge in [0, 0.05) is 46.3 Å². The molecule has 30 heavy (non-hydrogen) atoms. The van der Waals surface area contributed by atoms with Gasteiger partial charge in [0.2, 0.25) is 0 Å². The van der Waals surface area contributed by atoms with Gasteiger partial charge in [0.15, 0.2) is 0 Å². The van der Waals surface area contributed by atoms with Crippen molar-refractivity contribution >= 4 is 34.9 Å². The number of urea groups is 1. The Bertz CT molecular complexity index is 698. The molecule has 0 spiro atoms. The first-order valence-electron chi connectivity index (χ1n) is 11.2. The second kappa shape index (κ2) is 10.9. The van der Waals surface area contributed by atoms with Crippen LogP contribution < -0.4 is 10.2 Å². The van der Waals surface area contributed by atoms with Crippen LogP contribution in [-0.2, 0) is 0 Å². The Morgan fingerprint density at radius 1 is 1.13 bits per heavy atom. The highest BCUT2D eigenvalue weighted by Crippen LogP contribution is 2.34. The molecule has 2 fully saturated rings. The Kier molecular flexibility index (Phi) is 8.55. The van der Waals surface area contributed by atoms with Gasteiger partial charge in [-0.05, 0) is 56.7 Å². The Morgan fingerprint density at radius 2 is 1.80 bits per heavy atom. The second-order valence-electron chi connectivity index (χ2n) is 9.10. The van der Waals surface area contributed by atoms with Gasteiger partial charge in [-0.1, -0.05) is 42.1 Å². The van der Waals surface area contributed by atoms with Crippen molar-refractivity contribution in [2.24, 2.45) is 11.8 Å². The van der Waals surface area contributed by atoms with Gasteiger partial charge in [0.05, 0.1) is 15.7 Å². The summed E-state index contributed by atoms with van der Waals surface area (Å²) in [7, 11) is 3.59. The van der Waals surface area contributed by atoms with Crippen LogP contribution in [0.2, 0.25) is 10.0 Å². The minimum Gasteiger partial charge on any atom is -0.368 e. The molecule has 0 radical (unpaired) electrons. The van der Waals surface area contributed by atoms with Crippen LogP contribution in [0.3, 0.4) is 0 Å². The SMILES string of the molecule is CC(NC(=O)N(C)C)[C@H]1CC[C@H](CCN2CCN(c3cccc(Cl)c3Cl)CC2)CC1. The zero-order valence-electron chi connectivity index (χ0n) is 18.5. The molecule has 1 atom stereocenters. The predicted octanol–water partition coefficient (Wildman–Crippen LogP) is 4.97. The summed E-state index contributed by atoms with van der Waals surface area (Å²) in [6.07, 6.45) is 6.29. The topological polar surface area (TPSA) is 38.8 Å². The van der Waals surface area contributed by atoms with Gasteiger partial charge in [-0.15, -0.1) is 0 Å². The summed E-state index contributed by atoms with van der Waals surface area (Å²) < 4.78 is 0. The number of amides is 2. The fraction of sp³-hybridized carbons (Fsp3) is 0.696. The average molecular weight is 455 g/mol. The number of rotatable bonds is 6. The zero-order chi connectivity index (χ0) is 21.7. The summed E-state index contributed by atoms with van der Waals surface area (Å²) in [5.41, 5.74) is 1.05. The van der Waals surface area contributed by atoms with E-state index in [9.17, 15) is 4.79 Å². The molecular formula is C23H36Cl2N4O. The molecule has 1 heterocycles. The minimum atomic E-state index is 0.0165. The average Bonchev–Trinajstić information content (AvgIpc) is 2.75. The van der Waals surface area contributed by atoms with Gasteiger partial charge < -0.3 is 15.1 Å². The van der Waals surface area contributed by atoms with E-state index in [2.05, 4.69) is 28.1 Å². The van der Waals surface area contributed by atoms with Gasteiger partial charge in [-0.2, -0.15) is 0 Å². The summed E-state index contributed by atoms with van der Waals surface area (Å²) in [5.74, 6) is 1.43. The monoisotopic (exact) mass is 454 g/mol. The Morgan fingerprint density at radius 3 is 2.43 bits per heavy atom. The van der Waals surface area contributed by atoms with Gasteiger partial charge in [-0.3, -0.25) is 4.90 Å². The van der Waals surface area contributed by atoms with E-state index < -0.39 is 0 Å². The lowest BCUT2D eigenvalue weighted by Crippen LogP contribution is -2.47. The number of nitrogens with zero attached hydrogens (tertiary/aromatic N) is 3. The van der Waals surface area contributed by atoms with Crippen LogP contribution in [0.5, 0.6) is 0 Å². The van der Waals surface area contributed by atoms with E-state index in [1.165, 1.54) is 38.6 Å². The molecule has 5 nitrogen and oxygen atoms in total. The normalized spacial score (nSPS) is 23.8. The smallest absolute Gasteiger partial charge is 0.317 e. The standard InChI is InChI=1S/C23H36Cl2N4O/c1-17(26-23(30)27(2)3)19-9-7-18(8-10-19)11-12-28-13-15-29(16-14-28)21-6-4-5-20(24)22(21)25/h4-6,17-19H,7-16H2,1-3H3,(H,26,30)/t17?,18-,19-. The quantitative estimate of drug-likeness (QED) is 0.658. The number of anilines is 1. The van der Waals surface area contributed by atoms with Crippen molar-refractivity contribution in [3.63, 3.8) is 0 Å². The van der Waals surface area contributed by atoms with Crippen molar-refractivity contribution in [1.29, 1.82) is 0 Å². The van der Waals surface area contributed by atoms with Crippen LogP contribution >= 0.6 is 23.2 Å². The Labute approximate surface area is 191 Å². The molecule has 1 N–H and O–H groups in total. The number of piperazine rings is 1. The molecule has 0 bridgehead atoms. The van der Waals surface area contributed by atoms with Crippen molar-refractivity contribution in [2.45, 2.75) is 45.1 Å². The van der Waals surface area contributed by atoms with E-state index in [4.69, 9.17) is 23.2 Å². The maximum Gasteiger partial charge on any atom is 0.317 e. The van der Waals surface area contributed by atoms with Crippen LogP contribution in [0.15, 0.2) is 18.2 Å². The van der Waals surface area contributed by atoms with Crippen LogP contribution in [-0.4, -0.2) is 68.7 Å². The number of benzene rings is 1. The lowest BCUT2D eigenvalue weighted by Gasteiger charge is -2.38. The fourth-order valence-corrected chi connectivity index (χ4v) is 5.15. The molecular weight excluding hydrogens is 419 g/mol. The minimum absolute atomic E-state index is 0.0165. The second-order valence-corrected chi connectivity index (χ2v) is 9.89. The largest absolute Gasteiger partial charge is 0.368 e. The van der Waals surface area contributed by atoms with Crippen LogP contribution in [0, 0.1) is 11.8 Å². The Hall–Kier alpha value is -1.17. The first-order chi connectivity index (χ1) is 14.3. The maximum absolute atomic E-state index is 11.9. The fourth-order valence-electron chi connectivity index (χ4n) is 4.73. The number of carbonyl (C=O) groups is 1. The Balaban J connectivity index is 1.36. The first-order valence-corrected chi connectivity index (χ1v) is 12.0. The summed E-state index contributed by atoms with van der Waals surface area (Å²) in [5, 5.41) is 4.42. The van der Waals surface area contributed by atoms with Gasteiger partial charge >= 0.3 is 6.03 Å². The van der Waals surface area contributed by atoms with Gasteiger partial charge in [-0.25, -0.2) is 4.79 Å². The predicted molar refractivity (Wildman–Crippen MR) is 127 cm³/mol. The summed E-state index contributed by atoms with van der Waals surface area (Å²) in [6.45, 7) is 7.47. The van der Waals surface area contributed by atoms with Crippen molar-refractivity contribution < 1.29 is 4.79 Å². The highest BCUT2D eigenvalue weighted by atomic mass is 35.5. The van der Waals surface area contributed by atoms with E-state index in [0.717, 1.165) is 37.8 Å². The molecule has 0 aromatic heterocycles. The summed E-state index contributed by atoms with van der Waals surface area (Å²) in [4.78, 5) is 18.4. The molecule has 1 saturated heterocycles. The van der Waals surface area contributed by atoms with Gasteiger partial charge in [0.1, 0.15) is 0 Å². The maximum atomic E-state index is 11.9. The third-order valence-corrected chi connectivity index (χ3v) is 7.66. The van der Waals surface area contributed by atoms with Crippen LogP contribution in [0.25, 0.3) is 0 Å². The van der Waals surface area contributed by atoms with Crippen molar-refractivity contribution in [3.05, 3.63) is 28.2 Å². The molecule has 168 valence electrons.